The third-order valence-electron chi connectivity index (χ3n) is 1.68. The molecule has 3 heteroatoms. The number of hydrogen-bond acceptors (Lipinski definition) is 3. The van der Waals surface area contributed by atoms with Gasteiger partial charge in [0.15, 0.2) is 0 Å². The van der Waals surface area contributed by atoms with Gasteiger partial charge >= 0.3 is 6.01 Å². The van der Waals surface area contributed by atoms with Gasteiger partial charge in [-0.3, -0.25) is 0 Å². The van der Waals surface area contributed by atoms with Gasteiger partial charge in [-0.1, -0.05) is 13.8 Å². The summed E-state index contributed by atoms with van der Waals surface area (Å²) in [5, 5.41) is 0. The van der Waals surface area contributed by atoms with Crippen LogP contribution in [0.4, 0.5) is 0 Å². The zero-order chi connectivity index (χ0) is 9.68. The highest BCUT2D eigenvalue weighted by Gasteiger charge is 2.00. The van der Waals surface area contributed by atoms with Crippen molar-refractivity contribution in [1.82, 2.24) is 9.97 Å². The molecular weight excluding hydrogens is 164 g/mol. The second-order valence-electron chi connectivity index (χ2n) is 2.99. The van der Waals surface area contributed by atoms with Gasteiger partial charge in [0.2, 0.25) is 0 Å². The van der Waals surface area contributed by atoms with Crippen LogP contribution in [0.25, 0.3) is 0 Å². The first-order chi connectivity index (χ1) is 6.26. The number of aromatic nitrogens is 2. The normalized spacial score (nSPS) is 10.1. The molecule has 0 aliphatic rings. The van der Waals surface area contributed by atoms with E-state index in [-0.39, 0.29) is 0 Å². The Morgan fingerprint density at radius 2 is 2.08 bits per heavy atom. The van der Waals surface area contributed by atoms with Crippen LogP contribution in [0.3, 0.4) is 0 Å². The molecule has 72 valence electrons. The molecule has 0 spiro atoms. The summed E-state index contributed by atoms with van der Waals surface area (Å²) in [7, 11) is 0. The van der Waals surface area contributed by atoms with Crippen molar-refractivity contribution in [3.8, 4) is 6.01 Å². The molecule has 0 aliphatic heterocycles. The van der Waals surface area contributed by atoms with E-state index in [9.17, 15) is 0 Å². The highest BCUT2D eigenvalue weighted by molar-refractivity contribution is 5.12. The fraction of sp³-hybridized carbons (Fsp3) is 0.600. The van der Waals surface area contributed by atoms with Crippen molar-refractivity contribution in [2.24, 2.45) is 0 Å². The average Bonchev–Trinajstić information content (AvgIpc) is 2.14. The van der Waals surface area contributed by atoms with E-state index in [0.29, 0.717) is 12.6 Å². The molecule has 0 aliphatic carbocycles. The lowest BCUT2D eigenvalue weighted by molar-refractivity contribution is 0.290. The van der Waals surface area contributed by atoms with Crippen LogP contribution in [0.5, 0.6) is 6.01 Å². The summed E-state index contributed by atoms with van der Waals surface area (Å²) in [4.78, 5) is 8.44. The molecule has 0 amide bonds. The lowest BCUT2D eigenvalue weighted by Crippen LogP contribution is -2.02. The first-order valence-electron chi connectivity index (χ1n) is 4.73. The molecule has 0 atom stereocenters. The second kappa shape index (κ2) is 4.80. The van der Waals surface area contributed by atoms with Crippen molar-refractivity contribution in [3.05, 3.63) is 17.5 Å². The van der Waals surface area contributed by atoms with Gasteiger partial charge in [0.1, 0.15) is 0 Å². The van der Waals surface area contributed by atoms with Crippen LogP contribution >= 0.6 is 0 Å². The Hall–Kier alpha value is -1.12. The van der Waals surface area contributed by atoms with Gasteiger partial charge in [-0.15, -0.1) is 0 Å². The van der Waals surface area contributed by atoms with Gasteiger partial charge < -0.3 is 4.74 Å². The van der Waals surface area contributed by atoms with E-state index in [1.54, 1.807) is 0 Å². The van der Waals surface area contributed by atoms with E-state index in [4.69, 9.17) is 4.74 Å². The van der Waals surface area contributed by atoms with E-state index in [2.05, 4.69) is 23.8 Å². The Morgan fingerprint density at radius 3 is 2.69 bits per heavy atom. The Morgan fingerprint density at radius 1 is 1.31 bits per heavy atom. The maximum Gasteiger partial charge on any atom is 0.316 e. The fourth-order valence-corrected chi connectivity index (χ4v) is 1.04. The molecule has 0 saturated carbocycles. The lowest BCUT2D eigenvalue weighted by Gasteiger charge is -2.04. The van der Waals surface area contributed by atoms with Crippen molar-refractivity contribution in [1.29, 1.82) is 0 Å². The molecule has 0 aromatic carbocycles. The van der Waals surface area contributed by atoms with Crippen molar-refractivity contribution in [2.45, 2.75) is 33.6 Å². The summed E-state index contributed by atoms with van der Waals surface area (Å²) < 4.78 is 5.36. The molecule has 0 radical (unpaired) electrons. The summed E-state index contributed by atoms with van der Waals surface area (Å²) in [6, 6.07) is 2.50. The summed E-state index contributed by atoms with van der Waals surface area (Å²) in [6.07, 6.45) is 1.91. The van der Waals surface area contributed by atoms with Crippen LogP contribution in [0.2, 0.25) is 0 Å². The average molecular weight is 180 g/mol. The van der Waals surface area contributed by atoms with Gasteiger partial charge in [-0.25, -0.2) is 9.97 Å². The quantitative estimate of drug-likeness (QED) is 0.712. The van der Waals surface area contributed by atoms with Crippen LogP contribution in [0.1, 0.15) is 31.7 Å². The standard InChI is InChI=1S/C10H16N2O/c1-4-6-13-10-11-8(3)7-9(5-2)12-10/h7H,4-6H2,1-3H3. The number of nitrogens with zero attached hydrogens (tertiary/aromatic N) is 2. The smallest absolute Gasteiger partial charge is 0.316 e. The maximum absolute atomic E-state index is 5.36. The zero-order valence-electron chi connectivity index (χ0n) is 8.50. The molecule has 0 bridgehead atoms. The highest BCUT2D eigenvalue weighted by atomic mass is 16.5. The monoisotopic (exact) mass is 180 g/mol. The Bertz CT molecular complexity index is 274. The maximum atomic E-state index is 5.36. The lowest BCUT2D eigenvalue weighted by atomic mass is 10.3. The molecule has 0 fully saturated rings. The zero-order valence-corrected chi connectivity index (χ0v) is 8.50. The Labute approximate surface area is 79.2 Å². The summed E-state index contributed by atoms with van der Waals surface area (Å²) >= 11 is 0. The first kappa shape index (κ1) is 9.96. The van der Waals surface area contributed by atoms with E-state index in [1.807, 2.05) is 13.0 Å². The molecule has 13 heavy (non-hydrogen) atoms. The number of ether oxygens (including phenoxy) is 1. The first-order valence-corrected chi connectivity index (χ1v) is 4.73. The van der Waals surface area contributed by atoms with Crippen molar-refractivity contribution in [3.63, 3.8) is 0 Å². The molecule has 0 saturated heterocycles. The van der Waals surface area contributed by atoms with E-state index in [0.717, 1.165) is 24.2 Å². The summed E-state index contributed by atoms with van der Waals surface area (Å²) in [6.45, 7) is 6.79. The predicted molar refractivity (Wildman–Crippen MR) is 51.9 cm³/mol. The van der Waals surface area contributed by atoms with E-state index >= 15 is 0 Å². The van der Waals surface area contributed by atoms with Gasteiger partial charge in [-0.2, -0.15) is 0 Å². The van der Waals surface area contributed by atoms with Crippen LogP contribution in [-0.2, 0) is 6.42 Å². The predicted octanol–water partition coefficient (Wildman–Crippen LogP) is 2.14. The van der Waals surface area contributed by atoms with E-state index < -0.39 is 0 Å². The molecule has 1 heterocycles. The SMILES string of the molecule is CCCOc1nc(C)cc(CC)n1. The molecule has 1 aromatic heterocycles. The minimum absolute atomic E-state index is 0.513. The second-order valence-corrected chi connectivity index (χ2v) is 2.99. The Balaban J connectivity index is 2.76. The molecule has 3 nitrogen and oxygen atoms in total. The molecule has 0 N–H and O–H groups in total. The van der Waals surface area contributed by atoms with Gasteiger partial charge in [-0.05, 0) is 25.8 Å². The van der Waals surface area contributed by atoms with Crippen LogP contribution in [-0.4, -0.2) is 16.6 Å². The highest BCUT2D eigenvalue weighted by Crippen LogP contribution is 2.07. The molecule has 1 aromatic rings. The van der Waals surface area contributed by atoms with Crippen molar-refractivity contribution < 1.29 is 4.74 Å². The summed E-state index contributed by atoms with van der Waals surface area (Å²) in [5.74, 6) is 0. The Kier molecular flexibility index (Phi) is 3.68. The van der Waals surface area contributed by atoms with Crippen LogP contribution in [0.15, 0.2) is 6.07 Å². The minimum Gasteiger partial charge on any atom is -0.463 e. The van der Waals surface area contributed by atoms with Crippen molar-refractivity contribution >= 4 is 0 Å². The molecular formula is C10H16N2O. The topological polar surface area (TPSA) is 35.0 Å². The number of rotatable bonds is 4. The van der Waals surface area contributed by atoms with Gasteiger partial charge in [0.25, 0.3) is 0 Å². The molecule has 1 rings (SSSR count). The largest absolute Gasteiger partial charge is 0.463 e. The third-order valence-corrected chi connectivity index (χ3v) is 1.68. The minimum atomic E-state index is 0.513. The van der Waals surface area contributed by atoms with E-state index in [1.165, 1.54) is 0 Å². The van der Waals surface area contributed by atoms with Gasteiger partial charge in [0, 0.05) is 11.4 Å². The third kappa shape index (κ3) is 3.01. The summed E-state index contributed by atoms with van der Waals surface area (Å²) in [5.41, 5.74) is 2.01. The molecule has 0 unspecified atom stereocenters. The van der Waals surface area contributed by atoms with Crippen molar-refractivity contribution in [2.75, 3.05) is 6.61 Å². The number of hydrogen-bond donors (Lipinski definition) is 0. The van der Waals surface area contributed by atoms with Crippen LogP contribution in [0, 0.1) is 6.92 Å². The van der Waals surface area contributed by atoms with Gasteiger partial charge in [0.05, 0.1) is 6.61 Å². The van der Waals surface area contributed by atoms with Crippen LogP contribution < -0.4 is 4.74 Å². The number of aryl methyl sites for hydroxylation is 2. The fourth-order valence-electron chi connectivity index (χ4n) is 1.04.